The number of thiazole rings is 1. The van der Waals surface area contributed by atoms with Crippen LogP contribution in [0.15, 0.2) is 191 Å². The maximum Gasteiger partial charge on any atom is 0.339 e. The van der Waals surface area contributed by atoms with Crippen LogP contribution in [0.25, 0.3) is 33.8 Å². The van der Waals surface area contributed by atoms with Gasteiger partial charge < -0.3 is 39.8 Å². The standard InChI is InChI=1S/C26H26N2O5.C25H27FN6OS2.C24H24ClN3O6S/c1-32-14-13-27-23(30)16-33-26(31)24-20-6-2-3-8-22(20)28-25-18(5-4-7-21(24)25)15-17-9-11-19(29)12-10-17;1-4-21(31(2)3)23-29-30-25(32(23)14-17-8-6-5-7-9-17)35-16-22(33)28-24-27-20(15-34-24)18-10-12-19(26)13-11-18;1-34-20-11-9-19(10-12-20)27(17-24(29)26-15-5-8-18-6-3-2-4-7-18)35(32,33)21-13-14-22(25)23(16-21)28(30)31/h2-3,6,8-12,15,29H,4-5,7,13-14,16H2,1H3,(H,27,30);5-13,15,21H,4,14,16H2,1-3H3,(H,27,28,33);2-4,6-7,9-14,16H,5,8,15,17H2,1H3,(H,26,29)/b18-15+;;. The number of nitrogens with zero attached hydrogens (tertiary/aromatic N) is 8. The number of phenols is 1. The Morgan fingerprint density at radius 2 is 1.51 bits per heavy atom. The fourth-order valence-electron chi connectivity index (χ4n) is 11.1. The fourth-order valence-corrected chi connectivity index (χ4v) is 14.2. The predicted molar refractivity (Wildman–Crippen MR) is 398 cm³/mol. The molecule has 23 nitrogen and oxygen atoms in total. The summed E-state index contributed by atoms with van der Waals surface area (Å²) in [5.41, 5.74) is 8.18. The van der Waals surface area contributed by atoms with E-state index in [4.69, 9.17) is 30.8 Å². The van der Waals surface area contributed by atoms with E-state index in [1.807, 2.05) is 110 Å². The molecule has 0 spiro atoms. The van der Waals surface area contributed by atoms with Gasteiger partial charge in [-0.05, 0) is 165 Å². The Hall–Kier alpha value is -10.4. The summed E-state index contributed by atoms with van der Waals surface area (Å²) in [6.45, 7) is 2.98. The number of benzene rings is 7. The number of para-hydroxylation sites is 1. The highest BCUT2D eigenvalue weighted by Gasteiger charge is 2.31. The predicted octanol–water partition coefficient (Wildman–Crippen LogP) is 13.3. The van der Waals surface area contributed by atoms with Gasteiger partial charge in [0.1, 0.15) is 28.9 Å². The second-order valence-corrected chi connectivity index (χ2v) is 27.6. The number of halogens is 2. The lowest BCUT2D eigenvalue weighted by molar-refractivity contribution is -0.384. The number of esters is 1. The smallest absolute Gasteiger partial charge is 0.339 e. The second kappa shape index (κ2) is 37.5. The third kappa shape index (κ3) is 21.3. The second-order valence-electron chi connectivity index (χ2n) is 23.6. The van der Waals surface area contributed by atoms with Gasteiger partial charge in [0, 0.05) is 42.6 Å². The van der Waals surface area contributed by atoms with E-state index in [0.717, 1.165) is 87.0 Å². The number of nitro benzene ring substituents is 1. The first-order valence-electron chi connectivity index (χ1n) is 32.8. The van der Waals surface area contributed by atoms with Gasteiger partial charge in [-0.25, -0.2) is 27.6 Å². The maximum atomic E-state index is 13.5. The number of methoxy groups -OCH3 is 2. The largest absolute Gasteiger partial charge is 0.508 e. The van der Waals surface area contributed by atoms with Gasteiger partial charge in [-0.3, -0.25) is 33.7 Å². The normalized spacial score (nSPS) is 12.4. The van der Waals surface area contributed by atoms with E-state index >= 15 is 0 Å². The number of aryl methyl sites for hydroxylation is 1. The van der Waals surface area contributed by atoms with E-state index < -0.39 is 39.1 Å². The Labute approximate surface area is 609 Å². The first-order chi connectivity index (χ1) is 49.7. The number of aromatic hydroxyl groups is 1. The first-order valence-corrected chi connectivity index (χ1v) is 36.4. The van der Waals surface area contributed by atoms with Crippen LogP contribution in [0.4, 0.5) is 20.9 Å². The van der Waals surface area contributed by atoms with Crippen molar-refractivity contribution in [2.75, 3.05) is 76.5 Å². The molecule has 0 bridgehead atoms. The summed E-state index contributed by atoms with van der Waals surface area (Å²) in [5, 5.41) is 41.5. The maximum absolute atomic E-state index is 13.5. The number of carbonyl (C=O) groups is 4. The monoisotopic (exact) mass is 1470 g/mol. The summed E-state index contributed by atoms with van der Waals surface area (Å²) in [4.78, 5) is 72.1. The molecule has 11 rings (SSSR count). The number of hydrogen-bond acceptors (Lipinski definition) is 19. The van der Waals surface area contributed by atoms with Gasteiger partial charge in [0.15, 0.2) is 22.7 Å². The third-order valence-corrected chi connectivity index (χ3v) is 20.0. The number of phenolic OH excluding ortho intramolecular Hbond substituents is 1. The zero-order valence-electron chi connectivity index (χ0n) is 57.2. The highest BCUT2D eigenvalue weighted by molar-refractivity contribution is 7.99. The number of amides is 3. The molecule has 0 saturated carbocycles. The lowest BCUT2D eigenvalue weighted by atomic mass is 9.86. The van der Waals surface area contributed by atoms with Crippen LogP contribution < -0.4 is 25.0 Å². The van der Waals surface area contributed by atoms with Crippen LogP contribution in [0.1, 0.15) is 82.8 Å². The van der Waals surface area contributed by atoms with E-state index in [9.17, 15) is 47.2 Å². The summed E-state index contributed by atoms with van der Waals surface area (Å²) in [7, 11) is 2.74. The quantitative estimate of drug-likeness (QED) is 0.0116. The number of rotatable bonds is 28. The lowest BCUT2D eigenvalue weighted by Crippen LogP contribution is -2.41. The van der Waals surface area contributed by atoms with Gasteiger partial charge in [0.2, 0.25) is 11.8 Å². The number of nitrogens with one attached hydrogen (secondary N) is 3. The average molecular weight is 1480 g/mol. The molecule has 103 heavy (non-hydrogen) atoms. The van der Waals surface area contributed by atoms with Crippen molar-refractivity contribution in [3.05, 3.63) is 242 Å². The van der Waals surface area contributed by atoms with Crippen LogP contribution >= 0.6 is 34.7 Å². The Kier molecular flexibility index (Phi) is 27.9. The van der Waals surface area contributed by atoms with Gasteiger partial charge in [-0.1, -0.05) is 121 Å². The van der Waals surface area contributed by atoms with Crippen molar-refractivity contribution < 1.29 is 56.2 Å². The van der Waals surface area contributed by atoms with Crippen molar-refractivity contribution in [3.8, 4) is 22.8 Å². The van der Waals surface area contributed by atoms with Gasteiger partial charge in [-0.2, -0.15) is 0 Å². The molecule has 536 valence electrons. The van der Waals surface area contributed by atoms with E-state index in [2.05, 4.69) is 59.7 Å². The topological polar surface area (TPSA) is 293 Å². The van der Waals surface area contributed by atoms with E-state index in [1.54, 1.807) is 43.5 Å². The van der Waals surface area contributed by atoms with Crippen LogP contribution in [0.2, 0.25) is 5.02 Å². The SMILES string of the molecule is CCC(c1nnc(SCC(=O)Nc2nc(-c3ccc(F)cc3)cs2)n1Cc1ccccc1)N(C)C.COCCNC(=O)COC(=O)c1c2c(nc3ccccc13)/C(=C/c1ccc(O)cc1)CCC2.COc1ccc(N(CC(=O)NCCCc2ccccc2)S(=O)(=O)c2ccc(Cl)c([N+](=O)[O-])c2)cc1. The Bertz CT molecular complexity index is 4690. The van der Waals surface area contributed by atoms with Gasteiger partial charge in [-0.15, -0.1) is 21.5 Å². The number of ether oxygens (including phenoxy) is 3. The molecule has 3 heterocycles. The molecule has 1 aliphatic carbocycles. The summed E-state index contributed by atoms with van der Waals surface area (Å²) in [6.07, 6.45) is 6.77. The molecule has 0 fully saturated rings. The number of thioether (sulfide) groups is 1. The number of carbonyl (C=O) groups excluding carboxylic acids is 4. The summed E-state index contributed by atoms with van der Waals surface area (Å²) < 4.78 is 58.5. The molecule has 10 aromatic rings. The third-order valence-electron chi connectivity index (χ3n) is 16.2. The number of anilines is 2. The zero-order valence-corrected chi connectivity index (χ0v) is 60.4. The molecule has 0 aliphatic heterocycles. The minimum Gasteiger partial charge on any atom is -0.508 e. The van der Waals surface area contributed by atoms with Crippen LogP contribution in [0.3, 0.4) is 0 Å². The minimum atomic E-state index is -4.35. The minimum absolute atomic E-state index is 0.120. The molecule has 4 N–H and O–H groups in total. The highest BCUT2D eigenvalue weighted by Crippen LogP contribution is 2.38. The number of nitro groups is 1. The van der Waals surface area contributed by atoms with Crippen LogP contribution in [-0.4, -0.2) is 139 Å². The van der Waals surface area contributed by atoms with Crippen LogP contribution in [0.5, 0.6) is 11.5 Å². The molecule has 7 aromatic carbocycles. The van der Waals surface area contributed by atoms with Crippen molar-refractivity contribution in [3.63, 3.8) is 0 Å². The lowest BCUT2D eigenvalue weighted by Gasteiger charge is -2.24. The Morgan fingerprint density at radius 3 is 2.19 bits per heavy atom. The molecule has 0 saturated heterocycles. The first kappa shape index (κ1) is 76.8. The fraction of sp³-hybridized carbons (Fsp3) is 0.253. The zero-order chi connectivity index (χ0) is 73.4. The number of aromatic nitrogens is 5. The number of hydrogen-bond donors (Lipinski definition) is 4. The Morgan fingerprint density at radius 1 is 0.825 bits per heavy atom. The van der Waals surface area contributed by atoms with E-state index in [1.165, 1.54) is 60.5 Å². The highest BCUT2D eigenvalue weighted by atomic mass is 35.5. The number of sulfonamides is 1. The van der Waals surface area contributed by atoms with Crippen molar-refractivity contribution in [2.24, 2.45) is 0 Å². The van der Waals surface area contributed by atoms with E-state index in [0.29, 0.717) is 77.3 Å². The summed E-state index contributed by atoms with van der Waals surface area (Å²) in [6, 6.07) is 49.9. The number of allylic oxidation sites excluding steroid dienone is 1. The molecular formula is C75H77ClFN11O12S3. The van der Waals surface area contributed by atoms with Gasteiger partial charge in [0.25, 0.3) is 21.6 Å². The molecule has 1 unspecified atom stereocenters. The summed E-state index contributed by atoms with van der Waals surface area (Å²) >= 11 is 8.53. The van der Waals surface area contributed by atoms with Crippen LogP contribution in [0, 0.1) is 15.9 Å². The molecule has 1 atom stereocenters. The molecular weight excluding hydrogens is 1400 g/mol. The molecule has 0 radical (unpaired) electrons. The molecule has 1 aliphatic rings. The van der Waals surface area contributed by atoms with Gasteiger partial charge in [0.05, 0.1) is 70.0 Å². The molecule has 28 heteroatoms. The summed E-state index contributed by atoms with van der Waals surface area (Å²) in [5.74, 6) is -0.122. The number of fused-ring (bicyclic) bond motifs is 2. The van der Waals surface area contributed by atoms with Crippen LogP contribution in [-0.2, 0) is 53.3 Å². The van der Waals surface area contributed by atoms with Crippen molar-refractivity contribution in [1.82, 2.24) is 40.3 Å². The average Bonchev–Trinajstić information content (AvgIpc) is 1.50. The Balaban J connectivity index is 0.000000180. The van der Waals surface area contributed by atoms with Crippen molar-refractivity contribution in [1.29, 1.82) is 0 Å². The van der Waals surface area contributed by atoms with Crippen molar-refractivity contribution >= 4 is 107 Å². The van der Waals surface area contributed by atoms with E-state index in [-0.39, 0.29) is 57.4 Å². The van der Waals surface area contributed by atoms with Crippen molar-refractivity contribution in [2.45, 2.75) is 68.1 Å². The van der Waals surface area contributed by atoms with Gasteiger partial charge >= 0.3 is 5.97 Å². The number of pyridine rings is 1. The molecule has 3 amide bonds. The molecule has 3 aromatic heterocycles.